The summed E-state index contributed by atoms with van der Waals surface area (Å²) in [5.41, 5.74) is 2.16. The molecule has 0 aliphatic heterocycles. The van der Waals surface area contributed by atoms with Gasteiger partial charge in [-0.2, -0.15) is 0 Å². The summed E-state index contributed by atoms with van der Waals surface area (Å²) in [6, 6.07) is 23.2. The first-order valence-electron chi connectivity index (χ1n) is 10.4. The average Bonchev–Trinajstić information content (AvgIpc) is 2.80. The maximum Gasteiger partial charge on any atom is 0.259 e. The Bertz CT molecular complexity index is 1300. The highest BCUT2D eigenvalue weighted by molar-refractivity contribution is 6.11. The molecule has 1 amide bonds. The molecule has 0 aromatic heterocycles. The minimum absolute atomic E-state index is 0.0153. The lowest BCUT2D eigenvalue weighted by Gasteiger charge is -2.11. The second-order valence-corrected chi connectivity index (χ2v) is 7.44. The lowest BCUT2D eigenvalue weighted by Crippen LogP contribution is -2.12. The van der Waals surface area contributed by atoms with Crippen LogP contribution in [0.15, 0.2) is 89.1 Å². The Morgan fingerprint density at radius 3 is 2.41 bits per heavy atom. The smallest absolute Gasteiger partial charge is 0.259 e. The summed E-state index contributed by atoms with van der Waals surface area (Å²) in [7, 11) is 0. The standard InChI is InChI=1S/C26H23N3O3/c1-2-8-17-13-14-22(23(30)15-17)28-29-24-20-12-7-6-9-18(20)16-21(25(24)31)26(32)27-19-10-4-3-5-11-19/h3-7,9-16,30-31H,2,8H2,1H3,(H,27,32). The van der Waals surface area contributed by atoms with E-state index >= 15 is 0 Å². The molecule has 0 heterocycles. The molecule has 0 saturated carbocycles. The number of benzene rings is 4. The number of hydrogen-bond acceptors (Lipinski definition) is 5. The predicted molar refractivity (Wildman–Crippen MR) is 126 cm³/mol. The van der Waals surface area contributed by atoms with E-state index in [0.717, 1.165) is 23.8 Å². The highest BCUT2D eigenvalue weighted by atomic mass is 16.3. The zero-order valence-corrected chi connectivity index (χ0v) is 17.6. The fraction of sp³-hybridized carbons (Fsp3) is 0.115. The molecule has 32 heavy (non-hydrogen) atoms. The highest BCUT2D eigenvalue weighted by Crippen LogP contribution is 2.40. The van der Waals surface area contributed by atoms with Crippen LogP contribution in [0.1, 0.15) is 29.3 Å². The van der Waals surface area contributed by atoms with Crippen LogP contribution in [0.2, 0.25) is 0 Å². The van der Waals surface area contributed by atoms with Gasteiger partial charge in [-0.1, -0.05) is 61.9 Å². The summed E-state index contributed by atoms with van der Waals surface area (Å²) in [6.45, 7) is 2.07. The summed E-state index contributed by atoms with van der Waals surface area (Å²) < 4.78 is 0. The molecule has 160 valence electrons. The Morgan fingerprint density at radius 1 is 0.906 bits per heavy atom. The van der Waals surface area contributed by atoms with Crippen LogP contribution in [0.5, 0.6) is 11.5 Å². The van der Waals surface area contributed by atoms with Crippen molar-refractivity contribution in [1.82, 2.24) is 0 Å². The second-order valence-electron chi connectivity index (χ2n) is 7.44. The minimum atomic E-state index is -0.456. The highest BCUT2D eigenvalue weighted by Gasteiger charge is 2.18. The number of rotatable bonds is 6. The first-order chi connectivity index (χ1) is 15.6. The van der Waals surface area contributed by atoms with Gasteiger partial charge in [-0.15, -0.1) is 10.2 Å². The van der Waals surface area contributed by atoms with E-state index in [1.54, 1.807) is 36.4 Å². The molecule has 0 aliphatic rings. The van der Waals surface area contributed by atoms with E-state index in [1.807, 2.05) is 42.5 Å². The third-order valence-electron chi connectivity index (χ3n) is 5.11. The van der Waals surface area contributed by atoms with Crippen LogP contribution in [0.4, 0.5) is 17.1 Å². The predicted octanol–water partition coefficient (Wildman–Crippen LogP) is 6.87. The van der Waals surface area contributed by atoms with Crippen LogP contribution in [0, 0.1) is 0 Å². The Morgan fingerprint density at radius 2 is 1.66 bits per heavy atom. The Hall–Kier alpha value is -4.19. The van der Waals surface area contributed by atoms with Gasteiger partial charge in [0.05, 0.1) is 5.56 Å². The number of aromatic hydroxyl groups is 2. The lowest BCUT2D eigenvalue weighted by atomic mass is 10.0. The van der Waals surface area contributed by atoms with E-state index < -0.39 is 5.91 Å². The summed E-state index contributed by atoms with van der Waals surface area (Å²) in [5.74, 6) is -0.716. The number of phenolic OH excluding ortho intramolecular Hbond substituents is 2. The van der Waals surface area contributed by atoms with Gasteiger partial charge in [0.15, 0.2) is 5.75 Å². The van der Waals surface area contributed by atoms with Crippen molar-refractivity contribution in [1.29, 1.82) is 0 Å². The fourth-order valence-corrected chi connectivity index (χ4v) is 3.51. The molecule has 6 nitrogen and oxygen atoms in total. The summed E-state index contributed by atoms with van der Waals surface area (Å²) >= 11 is 0. The SMILES string of the molecule is CCCc1ccc(N=Nc2c(O)c(C(=O)Nc3ccccc3)cc3ccccc23)c(O)c1. The van der Waals surface area contributed by atoms with Gasteiger partial charge in [-0.05, 0) is 47.7 Å². The molecule has 0 aliphatic carbocycles. The molecule has 6 heteroatoms. The Kier molecular flexibility index (Phi) is 6.12. The monoisotopic (exact) mass is 425 g/mol. The normalized spacial score (nSPS) is 11.2. The number of azo groups is 1. The first kappa shape index (κ1) is 21.1. The van der Waals surface area contributed by atoms with Crippen molar-refractivity contribution in [3.05, 3.63) is 90.0 Å². The van der Waals surface area contributed by atoms with E-state index in [4.69, 9.17) is 0 Å². The zero-order valence-electron chi connectivity index (χ0n) is 17.6. The van der Waals surface area contributed by atoms with E-state index in [0.29, 0.717) is 11.1 Å². The van der Waals surface area contributed by atoms with Crippen molar-refractivity contribution in [2.75, 3.05) is 5.32 Å². The summed E-state index contributed by atoms with van der Waals surface area (Å²) in [4.78, 5) is 12.9. The summed E-state index contributed by atoms with van der Waals surface area (Å²) in [6.07, 6.45) is 1.83. The van der Waals surface area contributed by atoms with Gasteiger partial charge in [0.1, 0.15) is 17.1 Å². The van der Waals surface area contributed by atoms with E-state index in [9.17, 15) is 15.0 Å². The molecule has 3 N–H and O–H groups in total. The van der Waals surface area contributed by atoms with Crippen molar-refractivity contribution in [2.24, 2.45) is 10.2 Å². The van der Waals surface area contributed by atoms with E-state index in [1.165, 1.54) is 0 Å². The van der Waals surface area contributed by atoms with Crippen LogP contribution < -0.4 is 5.32 Å². The molecule has 0 spiro atoms. The van der Waals surface area contributed by atoms with Gasteiger partial charge in [-0.3, -0.25) is 4.79 Å². The van der Waals surface area contributed by atoms with Crippen LogP contribution in [0.25, 0.3) is 10.8 Å². The number of hydrogen-bond donors (Lipinski definition) is 3. The third-order valence-corrected chi connectivity index (χ3v) is 5.11. The molecule has 4 aromatic rings. The van der Waals surface area contributed by atoms with Gasteiger partial charge in [0, 0.05) is 11.1 Å². The number of fused-ring (bicyclic) bond motifs is 1. The number of nitrogens with zero attached hydrogens (tertiary/aromatic N) is 2. The van der Waals surface area contributed by atoms with Gasteiger partial charge < -0.3 is 15.5 Å². The number of amides is 1. The molecular weight excluding hydrogens is 402 g/mol. The number of para-hydroxylation sites is 1. The quantitative estimate of drug-likeness (QED) is 0.294. The molecule has 0 saturated heterocycles. The van der Waals surface area contributed by atoms with Crippen LogP contribution in [-0.2, 0) is 6.42 Å². The molecule has 0 radical (unpaired) electrons. The average molecular weight is 425 g/mol. The van der Waals surface area contributed by atoms with Crippen LogP contribution in [0.3, 0.4) is 0 Å². The molecule has 0 unspecified atom stereocenters. The number of aryl methyl sites for hydroxylation is 1. The van der Waals surface area contributed by atoms with E-state index in [-0.39, 0.29) is 28.4 Å². The van der Waals surface area contributed by atoms with Crippen molar-refractivity contribution in [2.45, 2.75) is 19.8 Å². The topological polar surface area (TPSA) is 94.3 Å². The third kappa shape index (κ3) is 4.44. The maximum absolute atomic E-state index is 12.9. The van der Waals surface area contributed by atoms with Crippen molar-refractivity contribution in [3.8, 4) is 11.5 Å². The number of nitrogens with one attached hydrogen (secondary N) is 1. The molecule has 4 aromatic carbocycles. The number of anilines is 1. The number of phenols is 2. The van der Waals surface area contributed by atoms with Gasteiger partial charge in [-0.25, -0.2) is 0 Å². The molecule has 0 bridgehead atoms. The van der Waals surface area contributed by atoms with Gasteiger partial charge in [0.2, 0.25) is 0 Å². The minimum Gasteiger partial charge on any atom is -0.506 e. The number of carbonyl (C=O) groups is 1. The van der Waals surface area contributed by atoms with Gasteiger partial charge in [0.25, 0.3) is 5.91 Å². The Balaban J connectivity index is 1.74. The maximum atomic E-state index is 12.9. The van der Waals surface area contributed by atoms with Crippen molar-refractivity contribution in [3.63, 3.8) is 0 Å². The van der Waals surface area contributed by atoms with Crippen molar-refractivity contribution < 1.29 is 15.0 Å². The summed E-state index contributed by atoms with van der Waals surface area (Å²) in [5, 5.41) is 33.8. The first-order valence-corrected chi connectivity index (χ1v) is 10.4. The zero-order chi connectivity index (χ0) is 22.5. The largest absolute Gasteiger partial charge is 0.506 e. The fourth-order valence-electron chi connectivity index (χ4n) is 3.51. The second kappa shape index (κ2) is 9.31. The van der Waals surface area contributed by atoms with Crippen LogP contribution >= 0.6 is 0 Å². The molecule has 4 rings (SSSR count). The van der Waals surface area contributed by atoms with E-state index in [2.05, 4.69) is 22.5 Å². The van der Waals surface area contributed by atoms with Gasteiger partial charge >= 0.3 is 0 Å². The molecule has 0 atom stereocenters. The van der Waals surface area contributed by atoms with Crippen LogP contribution in [-0.4, -0.2) is 16.1 Å². The number of carbonyl (C=O) groups excluding carboxylic acids is 1. The van der Waals surface area contributed by atoms with Crippen molar-refractivity contribution >= 4 is 33.7 Å². The molecule has 0 fully saturated rings. The lowest BCUT2D eigenvalue weighted by molar-refractivity contribution is 0.102. The molecular formula is C26H23N3O3. The Labute approximate surface area is 185 Å².